The van der Waals surface area contributed by atoms with Gasteiger partial charge < -0.3 is 18.9 Å². The highest BCUT2D eigenvalue weighted by Gasteiger charge is 2.17. The lowest BCUT2D eigenvalue weighted by Crippen LogP contribution is -2.37. The molecule has 0 aliphatic heterocycles. The molecule has 0 unspecified atom stereocenters. The van der Waals surface area contributed by atoms with E-state index in [0.29, 0.717) is 5.75 Å². The summed E-state index contributed by atoms with van der Waals surface area (Å²) >= 11 is 0. The van der Waals surface area contributed by atoms with Crippen molar-refractivity contribution < 1.29 is 14.0 Å². The average Bonchev–Trinajstić information content (AvgIpc) is 2.35. The number of anilines is 1. The molecule has 0 bridgehead atoms. The van der Waals surface area contributed by atoms with E-state index in [-0.39, 0.29) is 0 Å². The van der Waals surface area contributed by atoms with Crippen LogP contribution in [0.4, 0.5) is 5.69 Å². The van der Waals surface area contributed by atoms with Crippen molar-refractivity contribution in [1.82, 2.24) is 0 Å². The molecule has 0 aromatic heterocycles. The first-order valence-corrected chi connectivity index (χ1v) is 14.7. The lowest BCUT2D eigenvalue weighted by Gasteiger charge is -2.28. The Morgan fingerprint density at radius 3 is 1.59 bits per heavy atom. The Balaban J connectivity index is 2.62. The van der Waals surface area contributed by atoms with E-state index in [9.17, 15) is 5.11 Å². The van der Waals surface area contributed by atoms with E-state index < -0.39 is 16.6 Å². The molecule has 6 heteroatoms. The number of nitrogens with zero attached hydrogens (tertiary/aromatic N) is 1. The molecule has 0 saturated heterocycles. The van der Waals surface area contributed by atoms with E-state index in [1.165, 1.54) is 0 Å². The second-order valence-electron chi connectivity index (χ2n) is 7.43. The smallest absolute Gasteiger partial charge is 0.183 e. The zero-order valence-electron chi connectivity index (χ0n) is 14.8. The molecule has 0 aliphatic rings. The SMILES string of the molecule is C[Si](C)(C)OCCN(CCO[Si](C)(C)C)c1ccc(O)cc1. The van der Waals surface area contributed by atoms with Gasteiger partial charge in [0.15, 0.2) is 16.6 Å². The number of rotatable bonds is 9. The van der Waals surface area contributed by atoms with Gasteiger partial charge in [-0.2, -0.15) is 0 Å². The highest BCUT2D eigenvalue weighted by Crippen LogP contribution is 2.18. The molecule has 0 amide bonds. The van der Waals surface area contributed by atoms with Gasteiger partial charge in [0.2, 0.25) is 0 Å². The van der Waals surface area contributed by atoms with E-state index in [1.54, 1.807) is 12.1 Å². The zero-order valence-corrected chi connectivity index (χ0v) is 16.8. The third-order valence-electron chi connectivity index (χ3n) is 3.01. The third kappa shape index (κ3) is 8.58. The van der Waals surface area contributed by atoms with Crippen molar-refractivity contribution in [1.29, 1.82) is 0 Å². The Morgan fingerprint density at radius 1 is 0.818 bits per heavy atom. The Labute approximate surface area is 137 Å². The quantitative estimate of drug-likeness (QED) is 0.692. The Kier molecular flexibility index (Phi) is 7.12. The molecule has 1 aromatic rings. The van der Waals surface area contributed by atoms with Gasteiger partial charge in [-0.1, -0.05) is 0 Å². The minimum Gasteiger partial charge on any atom is -0.508 e. The summed E-state index contributed by atoms with van der Waals surface area (Å²) in [5, 5.41) is 9.45. The second-order valence-corrected chi connectivity index (χ2v) is 16.5. The predicted octanol–water partition coefficient (Wildman–Crippen LogP) is 3.90. The lowest BCUT2D eigenvalue weighted by atomic mass is 10.2. The summed E-state index contributed by atoms with van der Waals surface area (Å²) in [7, 11) is -2.97. The highest BCUT2D eigenvalue weighted by atomic mass is 28.4. The first kappa shape index (κ1) is 19.2. The first-order chi connectivity index (χ1) is 10.1. The summed E-state index contributed by atoms with van der Waals surface area (Å²) in [6.07, 6.45) is 0. The van der Waals surface area contributed by atoms with Crippen molar-refractivity contribution in [3.63, 3.8) is 0 Å². The van der Waals surface area contributed by atoms with Crippen LogP contribution < -0.4 is 4.90 Å². The van der Waals surface area contributed by atoms with Crippen LogP contribution in [0.15, 0.2) is 24.3 Å². The maximum atomic E-state index is 9.45. The standard InChI is InChI=1S/C16H31NO3Si2/c1-21(2,3)19-13-11-17(12-14-20-22(4,5)6)15-7-9-16(18)10-8-15/h7-10,18H,11-14H2,1-6H3. The Hall–Kier alpha value is -0.826. The van der Waals surface area contributed by atoms with Gasteiger partial charge >= 0.3 is 0 Å². The maximum Gasteiger partial charge on any atom is 0.183 e. The molecule has 0 heterocycles. The van der Waals surface area contributed by atoms with Crippen LogP contribution in [-0.2, 0) is 8.85 Å². The number of hydrogen-bond donors (Lipinski definition) is 1. The van der Waals surface area contributed by atoms with E-state index in [2.05, 4.69) is 44.2 Å². The molecule has 0 aliphatic carbocycles. The summed E-state index contributed by atoms with van der Waals surface area (Å²) in [6, 6.07) is 7.33. The largest absolute Gasteiger partial charge is 0.508 e. The number of phenols is 1. The summed E-state index contributed by atoms with van der Waals surface area (Å²) in [6.45, 7) is 16.3. The Morgan fingerprint density at radius 2 is 1.23 bits per heavy atom. The van der Waals surface area contributed by atoms with Gasteiger partial charge in [0.05, 0.1) is 13.2 Å². The fourth-order valence-corrected chi connectivity index (χ4v) is 3.36. The predicted molar refractivity (Wildman–Crippen MR) is 98.9 cm³/mol. The average molecular weight is 342 g/mol. The van der Waals surface area contributed by atoms with Gasteiger partial charge in [-0.25, -0.2) is 0 Å². The van der Waals surface area contributed by atoms with Gasteiger partial charge in [0.1, 0.15) is 5.75 Å². The second kappa shape index (κ2) is 8.15. The number of benzene rings is 1. The normalized spacial score (nSPS) is 12.5. The number of hydrogen-bond acceptors (Lipinski definition) is 4. The molecule has 1 N–H and O–H groups in total. The van der Waals surface area contributed by atoms with Crippen LogP contribution in [0, 0.1) is 0 Å². The van der Waals surface area contributed by atoms with Gasteiger partial charge in [-0.05, 0) is 63.5 Å². The molecule has 1 rings (SSSR count). The van der Waals surface area contributed by atoms with Crippen molar-refractivity contribution in [2.45, 2.75) is 39.3 Å². The summed E-state index contributed by atoms with van der Waals surface area (Å²) in [5.41, 5.74) is 1.09. The molecule has 0 saturated carbocycles. The molecule has 126 valence electrons. The van der Waals surface area contributed by atoms with Crippen LogP contribution in [0.25, 0.3) is 0 Å². The van der Waals surface area contributed by atoms with E-state index in [1.807, 2.05) is 12.1 Å². The van der Waals surface area contributed by atoms with E-state index >= 15 is 0 Å². The van der Waals surface area contributed by atoms with Gasteiger partial charge in [0, 0.05) is 18.8 Å². The molecule has 4 nitrogen and oxygen atoms in total. The number of phenolic OH excluding ortho intramolecular Hbond substituents is 1. The first-order valence-electron chi connectivity index (χ1n) is 7.89. The van der Waals surface area contributed by atoms with Crippen LogP contribution >= 0.6 is 0 Å². The van der Waals surface area contributed by atoms with Crippen molar-refractivity contribution in [2.24, 2.45) is 0 Å². The van der Waals surface area contributed by atoms with Crippen LogP contribution in [0.5, 0.6) is 5.75 Å². The van der Waals surface area contributed by atoms with E-state index in [4.69, 9.17) is 8.85 Å². The topological polar surface area (TPSA) is 41.9 Å². The third-order valence-corrected chi connectivity index (χ3v) is 5.15. The van der Waals surface area contributed by atoms with Crippen LogP contribution in [-0.4, -0.2) is 48.0 Å². The molecule has 0 spiro atoms. The lowest BCUT2D eigenvalue weighted by molar-refractivity contribution is 0.297. The molecule has 1 aromatic carbocycles. The number of aromatic hydroxyl groups is 1. The van der Waals surface area contributed by atoms with E-state index in [0.717, 1.165) is 32.0 Å². The fraction of sp³-hybridized carbons (Fsp3) is 0.625. The fourth-order valence-electron chi connectivity index (χ4n) is 1.96. The molecule has 0 atom stereocenters. The highest BCUT2D eigenvalue weighted by molar-refractivity contribution is 6.70. The van der Waals surface area contributed by atoms with Crippen molar-refractivity contribution in [3.8, 4) is 5.75 Å². The summed E-state index contributed by atoms with van der Waals surface area (Å²) < 4.78 is 11.9. The Bertz CT molecular complexity index is 418. The molecule has 22 heavy (non-hydrogen) atoms. The van der Waals surface area contributed by atoms with Crippen LogP contribution in [0.3, 0.4) is 0 Å². The summed E-state index contributed by atoms with van der Waals surface area (Å²) in [5.74, 6) is 0.292. The monoisotopic (exact) mass is 341 g/mol. The molecular weight excluding hydrogens is 310 g/mol. The summed E-state index contributed by atoms with van der Waals surface area (Å²) in [4.78, 5) is 2.26. The van der Waals surface area contributed by atoms with Crippen molar-refractivity contribution in [2.75, 3.05) is 31.2 Å². The molecular formula is C16H31NO3Si2. The van der Waals surface area contributed by atoms with Crippen LogP contribution in [0.1, 0.15) is 0 Å². The minimum atomic E-state index is -1.49. The van der Waals surface area contributed by atoms with Crippen molar-refractivity contribution >= 4 is 22.3 Å². The van der Waals surface area contributed by atoms with Crippen molar-refractivity contribution in [3.05, 3.63) is 24.3 Å². The zero-order chi connectivity index (χ0) is 16.8. The van der Waals surface area contributed by atoms with Crippen LogP contribution in [0.2, 0.25) is 39.3 Å². The van der Waals surface area contributed by atoms with Gasteiger partial charge in [-0.3, -0.25) is 0 Å². The maximum absolute atomic E-state index is 9.45. The van der Waals surface area contributed by atoms with Gasteiger partial charge in [-0.15, -0.1) is 0 Å². The minimum absolute atomic E-state index is 0.292. The molecule has 0 radical (unpaired) electrons. The van der Waals surface area contributed by atoms with Gasteiger partial charge in [0.25, 0.3) is 0 Å². The molecule has 0 fully saturated rings.